The van der Waals surface area contributed by atoms with Gasteiger partial charge in [-0.3, -0.25) is 9.59 Å². The van der Waals surface area contributed by atoms with Crippen LogP contribution in [0.2, 0.25) is 0 Å². The molecule has 30 heavy (non-hydrogen) atoms. The number of nitrogens with zero attached hydrogens (tertiary/aromatic N) is 2. The molecule has 0 bridgehead atoms. The quantitative estimate of drug-likeness (QED) is 0.665. The minimum absolute atomic E-state index is 0.115. The molecule has 1 aliphatic rings. The fourth-order valence-corrected chi connectivity index (χ4v) is 5.15. The van der Waals surface area contributed by atoms with Crippen molar-refractivity contribution in [3.8, 4) is 0 Å². The Labute approximate surface area is 174 Å². The highest BCUT2D eigenvalue weighted by atomic mass is 32.2. The zero-order valence-corrected chi connectivity index (χ0v) is 17.3. The number of fused-ring (bicyclic) bond motifs is 1. The molecule has 4 rings (SSSR count). The zero-order chi connectivity index (χ0) is 21.3. The number of hydrogen-bond acceptors (Lipinski definition) is 5. The highest BCUT2D eigenvalue weighted by Crippen LogP contribution is 2.26. The number of pyridine rings is 2. The van der Waals surface area contributed by atoms with Gasteiger partial charge in [-0.15, -0.1) is 0 Å². The maximum absolute atomic E-state index is 13.2. The van der Waals surface area contributed by atoms with Crippen LogP contribution in [-0.2, 0) is 14.8 Å². The lowest BCUT2D eigenvalue weighted by atomic mass is 9.99. The van der Waals surface area contributed by atoms with Crippen LogP contribution in [0, 0.1) is 12.8 Å². The van der Waals surface area contributed by atoms with Crippen molar-refractivity contribution >= 4 is 32.7 Å². The molecule has 1 fully saturated rings. The summed E-state index contributed by atoms with van der Waals surface area (Å²) >= 11 is 0. The number of rotatable bonds is 4. The summed E-state index contributed by atoms with van der Waals surface area (Å²) in [6.45, 7) is 2.38. The van der Waals surface area contributed by atoms with Crippen LogP contribution in [-0.4, -0.2) is 41.7 Å². The lowest BCUT2D eigenvalue weighted by molar-refractivity contribution is -0.120. The third-order valence-electron chi connectivity index (χ3n) is 5.25. The van der Waals surface area contributed by atoms with Gasteiger partial charge in [0.2, 0.25) is 21.5 Å². The summed E-state index contributed by atoms with van der Waals surface area (Å²) in [5, 5.41) is 3.41. The molecule has 2 N–H and O–H groups in total. The molecule has 9 heteroatoms. The molecule has 3 heterocycles. The summed E-state index contributed by atoms with van der Waals surface area (Å²) in [6, 6.07) is 11.1. The van der Waals surface area contributed by atoms with Crippen molar-refractivity contribution in [2.45, 2.75) is 24.7 Å². The number of amides is 1. The van der Waals surface area contributed by atoms with Gasteiger partial charge in [-0.25, -0.2) is 13.4 Å². The molecule has 1 aliphatic heterocycles. The maximum Gasteiger partial charge on any atom is 0.248 e. The summed E-state index contributed by atoms with van der Waals surface area (Å²) < 4.78 is 27.7. The first-order valence-corrected chi connectivity index (χ1v) is 11.1. The van der Waals surface area contributed by atoms with E-state index in [0.717, 1.165) is 5.56 Å². The Kier molecular flexibility index (Phi) is 5.40. The summed E-state index contributed by atoms with van der Waals surface area (Å²) in [4.78, 5) is 31.1. The number of piperidine rings is 1. The van der Waals surface area contributed by atoms with E-state index in [1.54, 1.807) is 30.5 Å². The van der Waals surface area contributed by atoms with Crippen LogP contribution in [0.3, 0.4) is 0 Å². The van der Waals surface area contributed by atoms with Crippen molar-refractivity contribution < 1.29 is 13.2 Å². The van der Waals surface area contributed by atoms with Gasteiger partial charge in [-0.2, -0.15) is 4.31 Å². The first-order valence-electron chi connectivity index (χ1n) is 9.70. The lowest BCUT2D eigenvalue weighted by Crippen LogP contribution is -2.43. The predicted molar refractivity (Wildman–Crippen MR) is 114 cm³/mol. The van der Waals surface area contributed by atoms with Crippen LogP contribution >= 0.6 is 0 Å². The fourth-order valence-electron chi connectivity index (χ4n) is 3.59. The van der Waals surface area contributed by atoms with Crippen molar-refractivity contribution in [3.05, 3.63) is 64.6 Å². The smallest absolute Gasteiger partial charge is 0.248 e. The second-order valence-electron chi connectivity index (χ2n) is 7.48. The molecule has 0 spiro atoms. The number of carbonyl (C=O) groups excluding carboxylic acids is 1. The third kappa shape index (κ3) is 4.12. The number of sulfonamides is 1. The van der Waals surface area contributed by atoms with Crippen LogP contribution in [0.5, 0.6) is 0 Å². The minimum atomic E-state index is -3.76. The Morgan fingerprint density at radius 2 is 2.03 bits per heavy atom. The number of hydrogen-bond donors (Lipinski definition) is 2. The van der Waals surface area contributed by atoms with Gasteiger partial charge in [-0.05, 0) is 61.0 Å². The Hall–Kier alpha value is -3.04. The molecule has 0 unspecified atom stereocenters. The molecule has 3 aromatic rings. The minimum Gasteiger partial charge on any atom is -0.322 e. The SMILES string of the molecule is Cc1ccc(NC(=O)[C@H]2CCCN(S(=O)(=O)c3ccc4[nH]c(=O)ccc4c3)C2)nc1. The van der Waals surface area contributed by atoms with E-state index in [-0.39, 0.29) is 22.9 Å². The second-order valence-corrected chi connectivity index (χ2v) is 9.42. The standard InChI is InChI=1S/C21H22N4O4S/c1-14-4-8-19(22-12-14)24-21(27)16-3-2-10-25(13-16)30(28,29)17-6-7-18-15(11-17)5-9-20(26)23-18/h4-9,11-12,16H,2-3,10,13H2,1H3,(H,23,26)(H,22,24,27)/t16-/m0/s1. The first-order chi connectivity index (χ1) is 14.3. The Bertz CT molecular complexity index is 1250. The fraction of sp³-hybridized carbons (Fsp3) is 0.286. The zero-order valence-electron chi connectivity index (χ0n) is 16.5. The van der Waals surface area contributed by atoms with Crippen LogP contribution in [0.25, 0.3) is 10.9 Å². The number of benzene rings is 1. The largest absolute Gasteiger partial charge is 0.322 e. The van der Waals surface area contributed by atoms with Crippen LogP contribution in [0.4, 0.5) is 5.82 Å². The molecule has 8 nitrogen and oxygen atoms in total. The van der Waals surface area contributed by atoms with E-state index in [4.69, 9.17) is 0 Å². The van der Waals surface area contributed by atoms with Gasteiger partial charge in [0, 0.05) is 30.9 Å². The van der Waals surface area contributed by atoms with Gasteiger partial charge in [0.1, 0.15) is 5.82 Å². The summed E-state index contributed by atoms with van der Waals surface area (Å²) in [5.74, 6) is -0.232. The Balaban J connectivity index is 1.53. The summed E-state index contributed by atoms with van der Waals surface area (Å²) in [6.07, 6.45) is 2.88. The molecule has 0 radical (unpaired) electrons. The van der Waals surface area contributed by atoms with Crippen molar-refractivity contribution in [1.29, 1.82) is 0 Å². The van der Waals surface area contributed by atoms with Crippen LogP contribution in [0.15, 0.2) is 58.4 Å². The molecule has 1 atom stereocenters. The summed E-state index contributed by atoms with van der Waals surface area (Å²) in [5.41, 5.74) is 1.32. The van der Waals surface area contributed by atoms with Crippen LogP contribution < -0.4 is 10.9 Å². The van der Waals surface area contributed by atoms with Gasteiger partial charge < -0.3 is 10.3 Å². The van der Waals surface area contributed by atoms with Gasteiger partial charge in [0.15, 0.2) is 0 Å². The van der Waals surface area contributed by atoms with Crippen molar-refractivity contribution in [3.63, 3.8) is 0 Å². The second kappa shape index (κ2) is 8.00. The number of carbonyl (C=O) groups is 1. The van der Waals surface area contributed by atoms with Gasteiger partial charge in [-0.1, -0.05) is 6.07 Å². The predicted octanol–water partition coefficient (Wildman–Crippen LogP) is 2.27. The molecular weight excluding hydrogens is 404 g/mol. The van der Waals surface area contributed by atoms with Gasteiger partial charge in [0.05, 0.1) is 10.8 Å². The molecule has 2 aromatic heterocycles. The number of aromatic amines is 1. The topological polar surface area (TPSA) is 112 Å². The van der Waals surface area contributed by atoms with Crippen molar-refractivity contribution in [2.24, 2.45) is 5.92 Å². The summed E-state index contributed by atoms with van der Waals surface area (Å²) in [7, 11) is -3.76. The number of anilines is 1. The van der Waals surface area contributed by atoms with Crippen LogP contribution in [0.1, 0.15) is 18.4 Å². The molecule has 1 aromatic carbocycles. The average Bonchev–Trinajstić information content (AvgIpc) is 2.75. The third-order valence-corrected chi connectivity index (χ3v) is 7.11. The van der Waals surface area contributed by atoms with Gasteiger partial charge in [0.25, 0.3) is 0 Å². The van der Waals surface area contributed by atoms with Gasteiger partial charge >= 0.3 is 0 Å². The number of nitrogens with one attached hydrogen (secondary N) is 2. The van der Waals surface area contributed by atoms with E-state index in [0.29, 0.717) is 36.1 Å². The molecule has 0 saturated carbocycles. The number of aromatic nitrogens is 2. The maximum atomic E-state index is 13.2. The lowest BCUT2D eigenvalue weighted by Gasteiger charge is -2.31. The number of H-pyrrole nitrogens is 1. The Morgan fingerprint density at radius 3 is 2.80 bits per heavy atom. The highest BCUT2D eigenvalue weighted by Gasteiger charge is 2.33. The van der Waals surface area contributed by atoms with E-state index < -0.39 is 15.9 Å². The van der Waals surface area contributed by atoms with E-state index in [1.165, 1.54) is 16.4 Å². The number of aryl methyl sites for hydroxylation is 1. The van der Waals surface area contributed by atoms with E-state index in [1.807, 2.05) is 13.0 Å². The highest BCUT2D eigenvalue weighted by molar-refractivity contribution is 7.89. The molecule has 156 valence electrons. The van der Waals surface area contributed by atoms with Crippen molar-refractivity contribution in [2.75, 3.05) is 18.4 Å². The normalized spacial score (nSPS) is 17.7. The first kappa shape index (κ1) is 20.2. The molecule has 1 saturated heterocycles. The monoisotopic (exact) mass is 426 g/mol. The Morgan fingerprint density at radius 1 is 1.20 bits per heavy atom. The van der Waals surface area contributed by atoms with E-state index in [2.05, 4.69) is 15.3 Å². The molecule has 1 amide bonds. The molecule has 0 aliphatic carbocycles. The van der Waals surface area contributed by atoms with E-state index in [9.17, 15) is 18.0 Å². The average molecular weight is 426 g/mol. The van der Waals surface area contributed by atoms with Crippen molar-refractivity contribution in [1.82, 2.24) is 14.3 Å². The molecular formula is C21H22N4O4S. The van der Waals surface area contributed by atoms with E-state index >= 15 is 0 Å².